The third-order valence-electron chi connectivity index (χ3n) is 2.58. The molecule has 0 aliphatic rings. The van der Waals surface area contributed by atoms with Crippen LogP contribution in [0.3, 0.4) is 0 Å². The molecule has 1 aromatic heterocycles. The third-order valence-corrected chi connectivity index (χ3v) is 2.58. The summed E-state index contributed by atoms with van der Waals surface area (Å²) in [6, 6.07) is 2.13. The topological polar surface area (TPSA) is 73.9 Å². The molecule has 16 heavy (non-hydrogen) atoms. The van der Waals surface area contributed by atoms with Crippen molar-refractivity contribution < 1.29 is 5.11 Å². The zero-order valence-corrected chi connectivity index (χ0v) is 9.99. The summed E-state index contributed by atoms with van der Waals surface area (Å²) in [6.07, 6.45) is 1.13. The van der Waals surface area contributed by atoms with Crippen LogP contribution in [0, 0.1) is 18.3 Å². The molecule has 5 heteroatoms. The van der Waals surface area contributed by atoms with Gasteiger partial charge in [0, 0.05) is 13.6 Å². The van der Waals surface area contributed by atoms with Crippen molar-refractivity contribution in [3.63, 3.8) is 0 Å². The van der Waals surface area contributed by atoms with E-state index < -0.39 is 0 Å². The molecule has 0 aromatic carbocycles. The summed E-state index contributed by atoms with van der Waals surface area (Å²) in [4.78, 5) is 0. The van der Waals surface area contributed by atoms with Gasteiger partial charge in [0.1, 0.15) is 17.5 Å². The summed E-state index contributed by atoms with van der Waals surface area (Å²) >= 11 is 0. The second kappa shape index (κ2) is 5.52. The van der Waals surface area contributed by atoms with Crippen LogP contribution in [-0.4, -0.2) is 27.5 Å². The maximum Gasteiger partial charge on any atom is 0.142 e. The maximum absolute atomic E-state index is 9.41. The lowest BCUT2D eigenvalue weighted by Gasteiger charge is -2.10. The molecule has 1 atom stereocenters. The van der Waals surface area contributed by atoms with Crippen molar-refractivity contribution in [3.8, 4) is 6.07 Å². The Bertz CT molecular complexity index is 391. The van der Waals surface area contributed by atoms with Crippen molar-refractivity contribution in [2.24, 2.45) is 7.05 Å². The molecule has 0 aliphatic carbocycles. The minimum Gasteiger partial charge on any atom is -0.393 e. The zero-order valence-electron chi connectivity index (χ0n) is 9.99. The maximum atomic E-state index is 9.41. The van der Waals surface area contributed by atoms with Crippen molar-refractivity contribution >= 4 is 5.82 Å². The molecule has 0 saturated carbocycles. The molecule has 0 bridgehead atoms. The van der Waals surface area contributed by atoms with Crippen LogP contribution in [0.25, 0.3) is 0 Å². The molecule has 0 saturated heterocycles. The summed E-state index contributed by atoms with van der Waals surface area (Å²) in [5, 5.41) is 25.7. The van der Waals surface area contributed by atoms with E-state index >= 15 is 0 Å². The van der Waals surface area contributed by atoms with Gasteiger partial charge in [-0.1, -0.05) is 6.92 Å². The van der Waals surface area contributed by atoms with Crippen LogP contribution in [0.2, 0.25) is 0 Å². The van der Waals surface area contributed by atoms with Gasteiger partial charge < -0.3 is 10.4 Å². The van der Waals surface area contributed by atoms with Gasteiger partial charge in [-0.3, -0.25) is 4.68 Å². The second-order valence-electron chi connectivity index (χ2n) is 3.82. The van der Waals surface area contributed by atoms with Crippen LogP contribution in [0.15, 0.2) is 0 Å². The van der Waals surface area contributed by atoms with Crippen molar-refractivity contribution in [2.75, 3.05) is 11.9 Å². The Labute approximate surface area is 95.7 Å². The Morgan fingerprint density at radius 3 is 2.88 bits per heavy atom. The van der Waals surface area contributed by atoms with Crippen LogP contribution < -0.4 is 5.32 Å². The minimum absolute atomic E-state index is 0.285. The number of rotatable bonds is 5. The van der Waals surface area contributed by atoms with Crippen LogP contribution in [0.1, 0.15) is 31.0 Å². The van der Waals surface area contributed by atoms with Crippen molar-refractivity contribution in [1.29, 1.82) is 5.26 Å². The number of aliphatic hydroxyl groups is 1. The molecule has 1 heterocycles. The average Bonchev–Trinajstić information content (AvgIpc) is 2.53. The quantitative estimate of drug-likeness (QED) is 0.784. The molecule has 1 rings (SSSR count). The zero-order chi connectivity index (χ0) is 12.1. The number of hydrogen-bond acceptors (Lipinski definition) is 4. The molecular formula is C11H18N4O. The van der Waals surface area contributed by atoms with Crippen molar-refractivity contribution in [2.45, 2.75) is 32.8 Å². The predicted octanol–water partition coefficient (Wildman–Crippen LogP) is 1.17. The summed E-state index contributed by atoms with van der Waals surface area (Å²) in [5.74, 6) is 0.725. The molecular weight excluding hydrogens is 204 g/mol. The van der Waals surface area contributed by atoms with E-state index in [9.17, 15) is 5.11 Å². The van der Waals surface area contributed by atoms with E-state index in [1.165, 1.54) is 0 Å². The molecule has 0 spiro atoms. The molecule has 1 unspecified atom stereocenters. The van der Waals surface area contributed by atoms with E-state index in [1.54, 1.807) is 11.7 Å². The minimum atomic E-state index is -0.285. The first kappa shape index (κ1) is 12.5. The van der Waals surface area contributed by atoms with Gasteiger partial charge in [-0.25, -0.2) is 0 Å². The number of nitrogens with zero attached hydrogens (tertiary/aromatic N) is 3. The highest BCUT2D eigenvalue weighted by Crippen LogP contribution is 2.17. The van der Waals surface area contributed by atoms with Gasteiger partial charge >= 0.3 is 0 Å². The highest BCUT2D eigenvalue weighted by atomic mass is 16.3. The largest absolute Gasteiger partial charge is 0.393 e. The highest BCUT2D eigenvalue weighted by Gasteiger charge is 2.12. The molecule has 0 aliphatic heterocycles. The van der Waals surface area contributed by atoms with E-state index in [1.807, 2.05) is 13.8 Å². The summed E-state index contributed by atoms with van der Waals surface area (Å²) in [5.41, 5.74) is 1.30. The average molecular weight is 222 g/mol. The molecule has 0 fully saturated rings. The Morgan fingerprint density at radius 1 is 1.62 bits per heavy atom. The first-order valence-electron chi connectivity index (χ1n) is 5.45. The van der Waals surface area contributed by atoms with E-state index in [0.717, 1.165) is 17.9 Å². The molecule has 2 N–H and O–H groups in total. The van der Waals surface area contributed by atoms with Crippen LogP contribution in [0.5, 0.6) is 0 Å². The fourth-order valence-corrected chi connectivity index (χ4v) is 1.56. The Hall–Kier alpha value is -1.54. The van der Waals surface area contributed by atoms with E-state index in [2.05, 4.69) is 16.5 Å². The number of aromatic nitrogens is 2. The van der Waals surface area contributed by atoms with Crippen molar-refractivity contribution in [3.05, 3.63) is 11.3 Å². The van der Waals surface area contributed by atoms with Crippen LogP contribution >= 0.6 is 0 Å². The Kier molecular flexibility index (Phi) is 4.32. The summed E-state index contributed by atoms with van der Waals surface area (Å²) in [6.45, 7) is 4.40. The summed E-state index contributed by atoms with van der Waals surface area (Å²) < 4.78 is 1.66. The molecule has 88 valence electrons. The number of hydrogen-bond donors (Lipinski definition) is 2. The highest BCUT2D eigenvalue weighted by molar-refractivity contribution is 5.54. The third kappa shape index (κ3) is 2.74. The van der Waals surface area contributed by atoms with Gasteiger partial charge in [-0.05, 0) is 19.8 Å². The number of aryl methyl sites for hydroxylation is 2. The monoisotopic (exact) mass is 222 g/mol. The normalized spacial score (nSPS) is 12.2. The van der Waals surface area contributed by atoms with Gasteiger partial charge in [0.2, 0.25) is 0 Å². The second-order valence-corrected chi connectivity index (χ2v) is 3.82. The fourth-order valence-electron chi connectivity index (χ4n) is 1.56. The molecule has 0 radical (unpaired) electrons. The number of aliphatic hydroxyl groups excluding tert-OH is 1. The first-order valence-corrected chi connectivity index (χ1v) is 5.45. The summed E-state index contributed by atoms with van der Waals surface area (Å²) in [7, 11) is 1.80. The van der Waals surface area contributed by atoms with Crippen LogP contribution in [0.4, 0.5) is 5.82 Å². The lowest BCUT2D eigenvalue weighted by molar-refractivity contribution is 0.164. The van der Waals surface area contributed by atoms with Gasteiger partial charge in [-0.2, -0.15) is 10.4 Å². The smallest absolute Gasteiger partial charge is 0.142 e. The van der Waals surface area contributed by atoms with Gasteiger partial charge in [0.25, 0.3) is 0 Å². The molecule has 0 amide bonds. The lowest BCUT2D eigenvalue weighted by Crippen LogP contribution is -2.14. The Morgan fingerprint density at radius 2 is 2.31 bits per heavy atom. The predicted molar refractivity (Wildman–Crippen MR) is 62.1 cm³/mol. The van der Waals surface area contributed by atoms with Gasteiger partial charge in [0.15, 0.2) is 0 Å². The van der Waals surface area contributed by atoms with E-state index in [0.29, 0.717) is 18.5 Å². The van der Waals surface area contributed by atoms with E-state index in [-0.39, 0.29) is 6.10 Å². The SMILES string of the molecule is CCC(O)CCNc1c(C#N)c(C)nn1C. The number of nitriles is 1. The van der Waals surface area contributed by atoms with Gasteiger partial charge in [0.05, 0.1) is 11.8 Å². The molecule has 5 nitrogen and oxygen atoms in total. The number of nitrogens with one attached hydrogen (secondary N) is 1. The lowest BCUT2D eigenvalue weighted by atomic mass is 10.2. The molecule has 1 aromatic rings. The number of anilines is 1. The van der Waals surface area contributed by atoms with Gasteiger partial charge in [-0.15, -0.1) is 0 Å². The Balaban J connectivity index is 2.64. The van der Waals surface area contributed by atoms with Crippen LogP contribution in [-0.2, 0) is 7.05 Å². The first-order chi connectivity index (χ1) is 7.60. The van der Waals surface area contributed by atoms with Crippen molar-refractivity contribution in [1.82, 2.24) is 9.78 Å². The van der Waals surface area contributed by atoms with E-state index in [4.69, 9.17) is 5.26 Å². The standard InChI is InChI=1S/C11H18N4O/c1-4-9(16)5-6-13-11-10(7-12)8(2)14-15(11)3/h9,13,16H,4-6H2,1-3H3. The fraction of sp³-hybridized carbons (Fsp3) is 0.636.